The van der Waals surface area contributed by atoms with Gasteiger partial charge in [-0.2, -0.15) is 0 Å². The molecule has 3 heteroatoms. The van der Waals surface area contributed by atoms with E-state index in [1.807, 2.05) is 0 Å². The van der Waals surface area contributed by atoms with Crippen LogP contribution in [0, 0.1) is 3.57 Å². The second kappa shape index (κ2) is 7.41. The quantitative estimate of drug-likeness (QED) is 0.659. The maximum absolute atomic E-state index is 6.30. The molecule has 1 atom stereocenters. The average molecular weight is 430 g/mol. The minimum absolute atomic E-state index is 0.104. The third-order valence-electron chi connectivity index (χ3n) is 3.18. The van der Waals surface area contributed by atoms with Gasteiger partial charge >= 0.3 is 0 Å². The Morgan fingerprint density at radius 3 is 2.58 bits per heavy atom. The van der Waals surface area contributed by atoms with E-state index < -0.39 is 0 Å². The molecule has 2 aromatic rings. The third-order valence-corrected chi connectivity index (χ3v) is 4.57. The van der Waals surface area contributed by atoms with Crippen molar-refractivity contribution in [2.24, 2.45) is 5.73 Å². The molecule has 100 valence electrons. The molecule has 0 aliphatic heterocycles. The molecule has 0 aromatic heterocycles. The van der Waals surface area contributed by atoms with Gasteiger partial charge in [-0.3, -0.25) is 0 Å². The van der Waals surface area contributed by atoms with E-state index in [1.165, 1.54) is 14.7 Å². The minimum atomic E-state index is 0.104. The van der Waals surface area contributed by atoms with Crippen LogP contribution in [0.4, 0.5) is 0 Å². The monoisotopic (exact) mass is 429 g/mol. The number of hydrogen-bond acceptors (Lipinski definition) is 1. The highest BCUT2D eigenvalue weighted by molar-refractivity contribution is 14.1. The van der Waals surface area contributed by atoms with Crippen molar-refractivity contribution in [3.8, 4) is 0 Å². The first-order chi connectivity index (χ1) is 9.16. The van der Waals surface area contributed by atoms with Crippen LogP contribution in [-0.4, -0.2) is 0 Å². The van der Waals surface area contributed by atoms with Crippen LogP contribution >= 0.6 is 38.5 Å². The van der Waals surface area contributed by atoms with E-state index >= 15 is 0 Å². The van der Waals surface area contributed by atoms with Crippen molar-refractivity contribution in [1.29, 1.82) is 0 Å². The second-order valence-electron chi connectivity index (χ2n) is 4.65. The molecule has 2 rings (SSSR count). The van der Waals surface area contributed by atoms with Gasteiger partial charge in [0.1, 0.15) is 0 Å². The molecule has 2 aromatic carbocycles. The summed E-state index contributed by atoms with van der Waals surface area (Å²) in [6.45, 7) is 0. The van der Waals surface area contributed by atoms with Crippen molar-refractivity contribution < 1.29 is 0 Å². The normalized spacial score (nSPS) is 12.4. The SMILES string of the molecule is NC(CCCc1ccccc1)c1cc(I)ccc1Br. The molecule has 0 bridgehead atoms. The average Bonchev–Trinajstić information content (AvgIpc) is 2.42. The molecule has 19 heavy (non-hydrogen) atoms. The van der Waals surface area contributed by atoms with E-state index in [0.29, 0.717) is 0 Å². The molecule has 0 fully saturated rings. The summed E-state index contributed by atoms with van der Waals surface area (Å²) in [7, 11) is 0. The third kappa shape index (κ3) is 4.58. The van der Waals surface area contributed by atoms with Gasteiger partial charge in [0.2, 0.25) is 0 Å². The summed E-state index contributed by atoms with van der Waals surface area (Å²) in [4.78, 5) is 0. The van der Waals surface area contributed by atoms with Gasteiger partial charge in [0, 0.05) is 14.1 Å². The van der Waals surface area contributed by atoms with Gasteiger partial charge in [-0.1, -0.05) is 46.3 Å². The Kier molecular flexibility index (Phi) is 5.85. The minimum Gasteiger partial charge on any atom is -0.324 e. The Labute approximate surface area is 136 Å². The second-order valence-corrected chi connectivity index (χ2v) is 6.75. The van der Waals surface area contributed by atoms with Gasteiger partial charge in [0.25, 0.3) is 0 Å². The molecular formula is C16H17BrIN. The molecule has 0 saturated heterocycles. The van der Waals surface area contributed by atoms with Crippen LogP contribution in [-0.2, 0) is 6.42 Å². The van der Waals surface area contributed by atoms with Gasteiger partial charge in [0.15, 0.2) is 0 Å². The summed E-state index contributed by atoms with van der Waals surface area (Å²) in [5, 5.41) is 0. The summed E-state index contributed by atoms with van der Waals surface area (Å²) in [6.07, 6.45) is 3.22. The molecule has 0 spiro atoms. The van der Waals surface area contributed by atoms with Crippen LogP contribution in [0.2, 0.25) is 0 Å². The largest absolute Gasteiger partial charge is 0.324 e. The smallest absolute Gasteiger partial charge is 0.0306 e. The zero-order chi connectivity index (χ0) is 13.7. The van der Waals surface area contributed by atoms with Crippen molar-refractivity contribution in [3.63, 3.8) is 0 Å². The topological polar surface area (TPSA) is 26.0 Å². The maximum Gasteiger partial charge on any atom is 0.0306 e. The number of benzene rings is 2. The Bertz CT molecular complexity index is 528. The highest BCUT2D eigenvalue weighted by atomic mass is 127. The summed E-state index contributed by atoms with van der Waals surface area (Å²) in [6, 6.07) is 17.0. The number of halogens is 2. The lowest BCUT2D eigenvalue weighted by atomic mass is 10.00. The summed E-state index contributed by atoms with van der Waals surface area (Å²) in [5.41, 5.74) is 8.89. The standard InChI is InChI=1S/C16H17BrIN/c17-15-10-9-13(18)11-14(15)16(19)8-4-7-12-5-2-1-3-6-12/h1-3,5-6,9-11,16H,4,7-8,19H2. The molecule has 0 saturated carbocycles. The first-order valence-corrected chi connectivity index (χ1v) is 8.28. The van der Waals surface area contributed by atoms with E-state index in [1.54, 1.807) is 0 Å². The fraction of sp³-hybridized carbons (Fsp3) is 0.250. The van der Waals surface area contributed by atoms with Gasteiger partial charge < -0.3 is 5.73 Å². The van der Waals surface area contributed by atoms with E-state index in [2.05, 4.69) is 87.1 Å². The zero-order valence-electron chi connectivity index (χ0n) is 10.7. The Balaban J connectivity index is 1.91. The van der Waals surface area contributed by atoms with Gasteiger partial charge in [-0.05, 0) is 71.2 Å². The molecule has 1 nitrogen and oxygen atoms in total. The molecule has 0 heterocycles. The van der Waals surface area contributed by atoms with Crippen LogP contribution in [0.5, 0.6) is 0 Å². The van der Waals surface area contributed by atoms with Crippen molar-refractivity contribution in [2.45, 2.75) is 25.3 Å². The first kappa shape index (κ1) is 15.0. The molecule has 0 aliphatic rings. The summed E-state index contributed by atoms with van der Waals surface area (Å²) >= 11 is 5.91. The lowest BCUT2D eigenvalue weighted by Gasteiger charge is -2.14. The number of rotatable bonds is 5. The lowest BCUT2D eigenvalue weighted by molar-refractivity contribution is 0.609. The van der Waals surface area contributed by atoms with Crippen LogP contribution in [0.25, 0.3) is 0 Å². The van der Waals surface area contributed by atoms with E-state index in [-0.39, 0.29) is 6.04 Å². The highest BCUT2D eigenvalue weighted by Gasteiger charge is 2.10. The summed E-state index contributed by atoms with van der Waals surface area (Å²) in [5.74, 6) is 0. The zero-order valence-corrected chi connectivity index (χ0v) is 14.4. The van der Waals surface area contributed by atoms with Crippen molar-refractivity contribution in [3.05, 3.63) is 67.7 Å². The van der Waals surface area contributed by atoms with E-state index in [9.17, 15) is 0 Å². The van der Waals surface area contributed by atoms with Crippen molar-refractivity contribution in [1.82, 2.24) is 0 Å². The predicted molar refractivity (Wildman–Crippen MR) is 93.2 cm³/mol. The van der Waals surface area contributed by atoms with E-state index in [4.69, 9.17) is 5.73 Å². The van der Waals surface area contributed by atoms with Crippen LogP contribution in [0.1, 0.15) is 30.0 Å². The van der Waals surface area contributed by atoms with Crippen LogP contribution in [0.15, 0.2) is 53.0 Å². The molecule has 0 aliphatic carbocycles. The van der Waals surface area contributed by atoms with Crippen LogP contribution in [0.3, 0.4) is 0 Å². The molecule has 2 N–H and O–H groups in total. The van der Waals surface area contributed by atoms with Crippen molar-refractivity contribution in [2.75, 3.05) is 0 Å². The van der Waals surface area contributed by atoms with Crippen molar-refractivity contribution >= 4 is 38.5 Å². The number of nitrogens with two attached hydrogens (primary N) is 1. The van der Waals surface area contributed by atoms with E-state index in [0.717, 1.165) is 23.7 Å². The number of aryl methyl sites for hydroxylation is 1. The molecule has 1 unspecified atom stereocenters. The maximum atomic E-state index is 6.30. The lowest BCUT2D eigenvalue weighted by Crippen LogP contribution is -2.11. The van der Waals surface area contributed by atoms with Gasteiger partial charge in [0.05, 0.1) is 0 Å². The fourth-order valence-corrected chi connectivity index (χ4v) is 3.18. The Hall–Kier alpha value is -0.390. The molecule has 0 radical (unpaired) electrons. The Morgan fingerprint density at radius 1 is 1.11 bits per heavy atom. The van der Waals surface area contributed by atoms with Crippen LogP contribution < -0.4 is 5.73 Å². The first-order valence-electron chi connectivity index (χ1n) is 6.41. The van der Waals surface area contributed by atoms with Gasteiger partial charge in [-0.15, -0.1) is 0 Å². The highest BCUT2D eigenvalue weighted by Crippen LogP contribution is 2.27. The molecule has 0 amide bonds. The summed E-state index contributed by atoms with van der Waals surface area (Å²) < 4.78 is 2.34. The van der Waals surface area contributed by atoms with Gasteiger partial charge in [-0.25, -0.2) is 0 Å². The number of hydrogen-bond donors (Lipinski definition) is 1. The Morgan fingerprint density at radius 2 is 1.84 bits per heavy atom. The predicted octanol–water partition coefficient (Wildman–Crippen LogP) is 5.08. The molecular weight excluding hydrogens is 413 g/mol. The fourth-order valence-electron chi connectivity index (χ4n) is 2.13.